The molecule has 0 spiro atoms. The smallest absolute Gasteiger partial charge is 0.264 e. The molecule has 1 atom stereocenters. The number of benzene rings is 1. The lowest BCUT2D eigenvalue weighted by Gasteiger charge is -2.14. The van der Waals surface area contributed by atoms with Crippen LogP contribution in [0.4, 0.5) is 4.39 Å². The molecule has 1 amide bonds. The molecule has 1 aromatic carbocycles. The summed E-state index contributed by atoms with van der Waals surface area (Å²) >= 11 is 5.70. The number of amides is 1. The summed E-state index contributed by atoms with van der Waals surface area (Å²) in [5.74, 6) is -2.04. The van der Waals surface area contributed by atoms with Gasteiger partial charge in [0, 0.05) is 28.4 Å². The van der Waals surface area contributed by atoms with Gasteiger partial charge in [-0.2, -0.15) is 0 Å². The summed E-state index contributed by atoms with van der Waals surface area (Å²) in [5.41, 5.74) is -0.495. The first kappa shape index (κ1) is 18.2. The number of halogens is 3. The van der Waals surface area contributed by atoms with Crippen molar-refractivity contribution in [2.75, 3.05) is 13.2 Å². The third-order valence-electron chi connectivity index (χ3n) is 2.46. The maximum Gasteiger partial charge on any atom is 0.264 e. The van der Waals surface area contributed by atoms with Crippen LogP contribution in [0.3, 0.4) is 0 Å². The third kappa shape index (κ3) is 5.10. The zero-order chi connectivity index (χ0) is 16.2. The number of nitrogens with one attached hydrogen (secondary N) is 1. The van der Waals surface area contributed by atoms with Crippen molar-refractivity contribution < 1.29 is 22.3 Å². The van der Waals surface area contributed by atoms with Crippen LogP contribution in [0.15, 0.2) is 17.0 Å². The third-order valence-corrected chi connectivity index (χ3v) is 4.00. The molecule has 1 aromatic rings. The molecule has 21 heavy (non-hydrogen) atoms. The standard InChI is InChI=1S/C12H14Cl2FNO4S/c1-3-20-6-7(2)16-12(17)9-4-8(13)5-10(11(9)15)21(14,18)19/h4-5,7H,3,6H2,1-2H3,(H,16,17). The number of carbonyl (C=O) groups excluding carboxylic acids is 1. The van der Waals surface area contributed by atoms with Crippen molar-refractivity contribution in [3.05, 3.63) is 28.5 Å². The van der Waals surface area contributed by atoms with Crippen LogP contribution >= 0.6 is 22.3 Å². The molecule has 1 unspecified atom stereocenters. The average Bonchev–Trinajstić information content (AvgIpc) is 2.37. The fraction of sp³-hybridized carbons (Fsp3) is 0.417. The molecule has 1 rings (SSSR count). The SMILES string of the molecule is CCOCC(C)NC(=O)c1cc(Cl)cc(S(=O)(=O)Cl)c1F. The Morgan fingerprint density at radius 3 is 2.62 bits per heavy atom. The Hall–Kier alpha value is -0.890. The molecule has 0 aliphatic carbocycles. The molecule has 0 aromatic heterocycles. The van der Waals surface area contributed by atoms with E-state index in [-0.39, 0.29) is 17.7 Å². The lowest BCUT2D eigenvalue weighted by atomic mass is 10.2. The minimum Gasteiger partial charge on any atom is -0.380 e. The lowest BCUT2D eigenvalue weighted by molar-refractivity contribution is 0.0867. The maximum absolute atomic E-state index is 14.1. The molecular weight excluding hydrogens is 344 g/mol. The van der Waals surface area contributed by atoms with Crippen LogP contribution in [0.2, 0.25) is 5.02 Å². The van der Waals surface area contributed by atoms with Gasteiger partial charge in [0.15, 0.2) is 5.82 Å². The molecule has 0 aliphatic heterocycles. The first-order valence-electron chi connectivity index (χ1n) is 5.99. The second kappa shape index (κ2) is 7.40. The fourth-order valence-electron chi connectivity index (χ4n) is 1.54. The quantitative estimate of drug-likeness (QED) is 0.794. The van der Waals surface area contributed by atoms with Crippen LogP contribution in [-0.4, -0.2) is 33.6 Å². The van der Waals surface area contributed by atoms with Crippen LogP contribution in [0.25, 0.3) is 0 Å². The van der Waals surface area contributed by atoms with Gasteiger partial charge in [-0.1, -0.05) is 11.6 Å². The van der Waals surface area contributed by atoms with E-state index in [2.05, 4.69) is 5.32 Å². The van der Waals surface area contributed by atoms with Gasteiger partial charge in [-0.25, -0.2) is 12.8 Å². The van der Waals surface area contributed by atoms with Gasteiger partial charge < -0.3 is 10.1 Å². The maximum atomic E-state index is 14.1. The first-order valence-corrected chi connectivity index (χ1v) is 8.67. The molecule has 0 bridgehead atoms. The predicted molar refractivity (Wildman–Crippen MR) is 77.9 cm³/mol. The van der Waals surface area contributed by atoms with Gasteiger partial charge in [-0.3, -0.25) is 4.79 Å². The van der Waals surface area contributed by atoms with Crippen LogP contribution in [-0.2, 0) is 13.8 Å². The van der Waals surface area contributed by atoms with E-state index in [0.29, 0.717) is 6.61 Å². The van der Waals surface area contributed by atoms with Crippen LogP contribution in [0.5, 0.6) is 0 Å². The van der Waals surface area contributed by atoms with E-state index in [9.17, 15) is 17.6 Å². The molecule has 0 saturated carbocycles. The van der Waals surface area contributed by atoms with Gasteiger partial charge in [0.25, 0.3) is 15.0 Å². The summed E-state index contributed by atoms with van der Waals surface area (Å²) in [6.07, 6.45) is 0. The van der Waals surface area contributed by atoms with Gasteiger partial charge >= 0.3 is 0 Å². The van der Waals surface area contributed by atoms with Crippen LogP contribution < -0.4 is 5.32 Å². The Labute approximate surface area is 131 Å². The summed E-state index contributed by atoms with van der Waals surface area (Å²) in [5, 5.41) is 2.36. The second-order valence-corrected chi connectivity index (χ2v) is 7.21. The predicted octanol–water partition coefficient (Wildman–Crippen LogP) is 2.56. The molecule has 0 saturated heterocycles. The largest absolute Gasteiger partial charge is 0.380 e. The lowest BCUT2D eigenvalue weighted by Crippen LogP contribution is -2.36. The van der Waals surface area contributed by atoms with Crippen molar-refractivity contribution in [3.8, 4) is 0 Å². The van der Waals surface area contributed by atoms with E-state index < -0.39 is 31.2 Å². The minimum absolute atomic E-state index is 0.113. The highest BCUT2D eigenvalue weighted by atomic mass is 35.7. The van der Waals surface area contributed by atoms with E-state index in [1.165, 1.54) is 0 Å². The van der Waals surface area contributed by atoms with Crippen LogP contribution in [0.1, 0.15) is 24.2 Å². The Morgan fingerprint density at radius 2 is 2.10 bits per heavy atom. The Bertz CT molecular complexity index is 636. The minimum atomic E-state index is -4.35. The molecule has 0 aliphatic rings. The summed E-state index contributed by atoms with van der Waals surface area (Å²) in [6.45, 7) is 4.17. The van der Waals surface area contributed by atoms with Crippen molar-refractivity contribution in [2.24, 2.45) is 0 Å². The van der Waals surface area contributed by atoms with Crippen molar-refractivity contribution in [1.82, 2.24) is 5.32 Å². The summed E-state index contributed by atoms with van der Waals surface area (Å²) in [4.78, 5) is 11.1. The number of ether oxygens (including phenoxy) is 1. The molecular formula is C12H14Cl2FNO4S. The zero-order valence-electron chi connectivity index (χ0n) is 11.3. The van der Waals surface area contributed by atoms with E-state index in [4.69, 9.17) is 27.0 Å². The molecule has 5 nitrogen and oxygen atoms in total. The van der Waals surface area contributed by atoms with Crippen molar-refractivity contribution in [1.29, 1.82) is 0 Å². The summed E-state index contributed by atoms with van der Waals surface area (Å²) in [6, 6.07) is 1.50. The van der Waals surface area contributed by atoms with Crippen LogP contribution in [0, 0.1) is 5.82 Å². The van der Waals surface area contributed by atoms with Gasteiger partial charge in [0.05, 0.1) is 12.2 Å². The molecule has 0 fully saturated rings. The highest BCUT2D eigenvalue weighted by Crippen LogP contribution is 2.26. The molecule has 1 N–H and O–H groups in total. The average molecular weight is 358 g/mol. The number of rotatable bonds is 6. The summed E-state index contributed by atoms with van der Waals surface area (Å²) in [7, 11) is 0.762. The molecule has 0 radical (unpaired) electrons. The van der Waals surface area contributed by atoms with Gasteiger partial charge in [-0.05, 0) is 26.0 Å². The number of hydrogen-bond acceptors (Lipinski definition) is 4. The summed E-state index contributed by atoms with van der Waals surface area (Å²) < 4.78 is 41.7. The molecule has 9 heteroatoms. The second-order valence-electron chi connectivity index (χ2n) is 4.24. The van der Waals surface area contributed by atoms with Gasteiger partial charge in [-0.15, -0.1) is 0 Å². The topological polar surface area (TPSA) is 72.5 Å². The van der Waals surface area contributed by atoms with Crippen molar-refractivity contribution in [3.63, 3.8) is 0 Å². The van der Waals surface area contributed by atoms with E-state index >= 15 is 0 Å². The Balaban J connectivity index is 3.08. The fourth-order valence-corrected chi connectivity index (χ4v) is 2.76. The van der Waals surface area contributed by atoms with Crippen molar-refractivity contribution in [2.45, 2.75) is 24.8 Å². The van der Waals surface area contributed by atoms with E-state index in [1.807, 2.05) is 0 Å². The highest BCUT2D eigenvalue weighted by molar-refractivity contribution is 8.13. The zero-order valence-corrected chi connectivity index (χ0v) is 13.6. The Kier molecular flexibility index (Phi) is 6.40. The monoisotopic (exact) mass is 357 g/mol. The highest BCUT2D eigenvalue weighted by Gasteiger charge is 2.24. The molecule has 118 valence electrons. The van der Waals surface area contributed by atoms with E-state index in [0.717, 1.165) is 12.1 Å². The first-order chi connectivity index (χ1) is 9.66. The van der Waals surface area contributed by atoms with Gasteiger partial charge in [0.1, 0.15) is 4.90 Å². The van der Waals surface area contributed by atoms with E-state index in [1.54, 1.807) is 13.8 Å². The number of carbonyl (C=O) groups is 1. The number of hydrogen-bond donors (Lipinski definition) is 1. The van der Waals surface area contributed by atoms with Crippen molar-refractivity contribution >= 4 is 37.2 Å². The van der Waals surface area contributed by atoms with Gasteiger partial charge in [0.2, 0.25) is 0 Å². The molecule has 0 heterocycles. The Morgan fingerprint density at radius 1 is 1.48 bits per heavy atom. The normalized spacial score (nSPS) is 13.0.